The van der Waals surface area contributed by atoms with Crippen molar-refractivity contribution >= 4 is 35.4 Å². The first kappa shape index (κ1) is 36.4. The van der Waals surface area contributed by atoms with Crippen LogP contribution in [0, 0.1) is 0 Å². The van der Waals surface area contributed by atoms with Gasteiger partial charge in [0.1, 0.15) is 0 Å². The molecular weight excluding hydrogens is 614 g/mol. The number of primary amides is 1. The molecule has 47 heavy (non-hydrogen) atoms. The van der Waals surface area contributed by atoms with Crippen molar-refractivity contribution in [1.29, 1.82) is 0 Å². The number of likely N-dealkylation sites (tertiary alicyclic amines) is 1. The number of carbonyl (C=O) groups excluding carboxylic acids is 4. The minimum Gasteiger partial charge on any atom is -0.381 e. The number of likely N-dealkylation sites (N-methyl/N-ethyl adjacent to an activating group) is 1. The highest BCUT2D eigenvalue weighted by atomic mass is 32.2. The zero-order valence-corrected chi connectivity index (χ0v) is 28.9. The summed E-state index contributed by atoms with van der Waals surface area (Å²) in [6.07, 6.45) is 6.76. The van der Waals surface area contributed by atoms with Gasteiger partial charge < -0.3 is 25.6 Å². The minimum atomic E-state index is -0.682. The van der Waals surface area contributed by atoms with Gasteiger partial charge in [0.15, 0.2) is 0 Å². The Balaban J connectivity index is 1.60. The van der Waals surface area contributed by atoms with Gasteiger partial charge in [0.25, 0.3) is 5.91 Å². The number of carbonyl (C=O) groups is 4. The molecule has 3 atom stereocenters. The molecule has 2 aliphatic heterocycles. The van der Waals surface area contributed by atoms with Crippen LogP contribution in [0.1, 0.15) is 85.8 Å². The molecule has 256 valence electrons. The smallest absolute Gasteiger partial charge is 0.254 e. The summed E-state index contributed by atoms with van der Waals surface area (Å²) < 4.78 is 5.68. The molecule has 2 aliphatic rings. The van der Waals surface area contributed by atoms with E-state index in [2.05, 4.69) is 24.1 Å². The summed E-state index contributed by atoms with van der Waals surface area (Å²) in [7, 11) is 0. The summed E-state index contributed by atoms with van der Waals surface area (Å²) in [5.41, 5.74) is 7.52. The van der Waals surface area contributed by atoms with Crippen molar-refractivity contribution in [2.45, 2.75) is 75.3 Å². The molecule has 4 amide bonds. The molecule has 2 heterocycles. The molecule has 0 spiro atoms. The molecule has 1 fully saturated rings. The number of nitrogens with one attached hydrogen (secondary N) is 1. The first-order chi connectivity index (χ1) is 22.8. The summed E-state index contributed by atoms with van der Waals surface area (Å²) in [5, 5.41) is 3.10. The van der Waals surface area contributed by atoms with Crippen molar-refractivity contribution in [2.75, 3.05) is 58.7 Å². The number of nitrogens with two attached hydrogens (primary N) is 1. The molecule has 10 nitrogen and oxygen atoms in total. The van der Waals surface area contributed by atoms with Gasteiger partial charge in [-0.1, -0.05) is 50.6 Å². The van der Waals surface area contributed by atoms with Crippen LogP contribution in [0.25, 0.3) is 0 Å². The van der Waals surface area contributed by atoms with Crippen LogP contribution < -0.4 is 11.1 Å². The Morgan fingerprint density at radius 1 is 1.06 bits per heavy atom. The first-order valence-electron chi connectivity index (χ1n) is 17.0. The summed E-state index contributed by atoms with van der Waals surface area (Å²) >= 11 is 1.62. The number of rotatable bonds is 18. The summed E-state index contributed by atoms with van der Waals surface area (Å²) in [4.78, 5) is 60.6. The van der Waals surface area contributed by atoms with Crippen molar-refractivity contribution < 1.29 is 23.9 Å². The lowest BCUT2D eigenvalue weighted by Crippen LogP contribution is -2.50. The maximum atomic E-state index is 14.2. The van der Waals surface area contributed by atoms with Crippen LogP contribution in [-0.2, 0) is 19.1 Å². The Labute approximate surface area is 283 Å². The van der Waals surface area contributed by atoms with Crippen molar-refractivity contribution in [3.63, 3.8) is 0 Å². The van der Waals surface area contributed by atoms with Gasteiger partial charge in [-0.2, -0.15) is 0 Å². The van der Waals surface area contributed by atoms with E-state index < -0.39 is 17.9 Å². The van der Waals surface area contributed by atoms with Gasteiger partial charge in [0.05, 0.1) is 18.5 Å². The Morgan fingerprint density at radius 3 is 2.51 bits per heavy atom. The number of amides is 4. The monoisotopic (exact) mass is 665 g/mol. The van der Waals surface area contributed by atoms with E-state index in [9.17, 15) is 19.2 Å². The molecule has 1 saturated heterocycles. The second kappa shape index (κ2) is 18.2. The normalized spacial score (nSPS) is 19.4. The second-order valence-corrected chi connectivity index (χ2v) is 13.2. The summed E-state index contributed by atoms with van der Waals surface area (Å²) in [6, 6.07) is 14.7. The molecule has 3 unspecified atom stereocenters. The molecule has 0 aliphatic carbocycles. The number of nitrogens with zero attached hydrogens (tertiary/aromatic N) is 3. The molecule has 0 bridgehead atoms. The van der Waals surface area contributed by atoms with Crippen molar-refractivity contribution in [2.24, 2.45) is 5.73 Å². The van der Waals surface area contributed by atoms with Crippen LogP contribution in [0.2, 0.25) is 0 Å². The zero-order chi connectivity index (χ0) is 33.8. The van der Waals surface area contributed by atoms with Gasteiger partial charge >= 0.3 is 0 Å². The quantitative estimate of drug-likeness (QED) is 0.181. The van der Waals surface area contributed by atoms with Crippen LogP contribution in [0.4, 0.5) is 0 Å². The molecule has 4 rings (SSSR count). The third kappa shape index (κ3) is 9.58. The van der Waals surface area contributed by atoms with Crippen molar-refractivity contribution in [1.82, 2.24) is 20.0 Å². The van der Waals surface area contributed by atoms with Crippen LogP contribution >= 0.6 is 11.8 Å². The van der Waals surface area contributed by atoms with Gasteiger partial charge in [0, 0.05) is 55.8 Å². The maximum Gasteiger partial charge on any atom is 0.254 e. The van der Waals surface area contributed by atoms with E-state index in [0.717, 1.165) is 49.2 Å². The molecule has 2 aromatic rings. The largest absolute Gasteiger partial charge is 0.381 e. The van der Waals surface area contributed by atoms with E-state index in [1.165, 1.54) is 0 Å². The van der Waals surface area contributed by atoms with E-state index in [4.69, 9.17) is 10.5 Å². The first-order valence-corrected chi connectivity index (χ1v) is 18.2. The number of hydrogen-bond donors (Lipinski definition) is 2. The number of hydrogen-bond acceptors (Lipinski definition) is 7. The number of unbranched alkanes of at least 4 members (excludes halogenated alkanes) is 1. The van der Waals surface area contributed by atoms with Gasteiger partial charge in [-0.15, -0.1) is 11.8 Å². The lowest BCUT2D eigenvalue weighted by Gasteiger charge is -2.42. The Bertz CT molecular complexity index is 1360. The molecule has 0 saturated carbocycles. The third-order valence-corrected chi connectivity index (χ3v) is 9.93. The highest BCUT2D eigenvalue weighted by Crippen LogP contribution is 2.43. The van der Waals surface area contributed by atoms with Crippen LogP contribution in [0.15, 0.2) is 53.4 Å². The predicted octanol–water partition coefficient (Wildman–Crippen LogP) is 4.20. The Hall–Kier alpha value is -3.41. The number of fused-ring (bicyclic) bond motifs is 1. The van der Waals surface area contributed by atoms with Crippen LogP contribution in [0.3, 0.4) is 0 Å². The van der Waals surface area contributed by atoms with Crippen LogP contribution in [-0.4, -0.2) is 103 Å². The van der Waals surface area contributed by atoms with E-state index in [1.807, 2.05) is 42.7 Å². The lowest BCUT2D eigenvalue weighted by molar-refractivity contribution is -0.136. The third-order valence-electron chi connectivity index (χ3n) is 9.19. The van der Waals surface area contributed by atoms with Gasteiger partial charge in [-0.25, -0.2) is 0 Å². The molecule has 3 N–H and O–H groups in total. The zero-order valence-electron chi connectivity index (χ0n) is 28.1. The molecule has 0 aromatic heterocycles. The number of thioether (sulfide) groups is 1. The topological polar surface area (TPSA) is 125 Å². The van der Waals surface area contributed by atoms with E-state index >= 15 is 0 Å². The fourth-order valence-electron chi connectivity index (χ4n) is 6.73. The maximum absolute atomic E-state index is 14.2. The second-order valence-electron chi connectivity index (χ2n) is 12.3. The fraction of sp³-hybridized carbons (Fsp3) is 0.556. The van der Waals surface area contributed by atoms with Crippen molar-refractivity contribution in [3.05, 3.63) is 65.2 Å². The lowest BCUT2D eigenvalue weighted by atomic mass is 9.79. The predicted molar refractivity (Wildman–Crippen MR) is 185 cm³/mol. The fourth-order valence-corrected chi connectivity index (χ4v) is 7.13. The Morgan fingerprint density at radius 2 is 1.81 bits per heavy atom. The van der Waals surface area contributed by atoms with Gasteiger partial charge in [-0.05, 0) is 74.4 Å². The summed E-state index contributed by atoms with van der Waals surface area (Å²) in [6.45, 7) is 8.11. The summed E-state index contributed by atoms with van der Waals surface area (Å²) in [5.74, 6) is -1.89. The molecular formula is C36H51N5O5S. The molecule has 0 radical (unpaired) electrons. The van der Waals surface area contributed by atoms with E-state index in [0.29, 0.717) is 43.9 Å². The number of ether oxygens (including phenoxy) is 1. The molecule has 11 heteroatoms. The highest BCUT2D eigenvalue weighted by molar-refractivity contribution is 7.98. The van der Waals surface area contributed by atoms with Gasteiger partial charge in [0.2, 0.25) is 17.7 Å². The molecule has 2 aromatic carbocycles. The average Bonchev–Trinajstić information content (AvgIpc) is 3.53. The average molecular weight is 666 g/mol. The minimum absolute atomic E-state index is 0.00284. The van der Waals surface area contributed by atoms with Gasteiger partial charge in [-0.3, -0.25) is 24.1 Å². The standard InChI is InChI=1S/C36H51N5O5S/c1-4-6-22-46-23-10-19-38-35(44)33-29-12-7-8-13-30(29)36(45)41(34(33)26-14-16-28(47-3)17-15-26)21-18-32(43)40(25-31(37)42)24-27-11-9-20-39(27)5-2/h7-8,12-17,27,33-34H,4-6,9-11,18-25H2,1-3H3,(H2,37,42)(H,38,44). The van der Waals surface area contributed by atoms with Crippen LogP contribution in [0.5, 0.6) is 0 Å². The van der Waals surface area contributed by atoms with Crippen molar-refractivity contribution in [3.8, 4) is 0 Å². The van der Waals surface area contributed by atoms with E-state index in [-0.39, 0.29) is 43.3 Å². The Kier molecular flexibility index (Phi) is 14.1. The van der Waals surface area contributed by atoms with E-state index in [1.54, 1.807) is 33.7 Å². The highest BCUT2D eigenvalue weighted by Gasteiger charge is 2.44. The number of benzene rings is 2. The SMILES string of the molecule is CCCCOCCCNC(=O)C1c2ccccc2C(=O)N(CCC(=O)N(CC(N)=O)CC2CCCN2CC)C1c1ccc(SC)cc1.